The summed E-state index contributed by atoms with van der Waals surface area (Å²) in [5.41, 5.74) is 4.19. The summed E-state index contributed by atoms with van der Waals surface area (Å²) < 4.78 is 11.4. The Morgan fingerprint density at radius 2 is 1.64 bits per heavy atom. The van der Waals surface area contributed by atoms with Gasteiger partial charge in [-0.15, -0.1) is 0 Å². The van der Waals surface area contributed by atoms with Crippen LogP contribution in [-0.2, 0) is 9.47 Å². The highest BCUT2D eigenvalue weighted by Crippen LogP contribution is 2.26. The predicted octanol–water partition coefficient (Wildman–Crippen LogP) is 2.98. The van der Waals surface area contributed by atoms with Crippen molar-refractivity contribution in [3.63, 3.8) is 0 Å². The molecule has 116 valence electrons. The maximum atomic E-state index is 12.0. The fourth-order valence-electron chi connectivity index (χ4n) is 2.48. The summed E-state index contributed by atoms with van der Waals surface area (Å²) in [4.78, 5) is 24.0. The van der Waals surface area contributed by atoms with Gasteiger partial charge in [-0.2, -0.15) is 0 Å². The third kappa shape index (κ3) is 2.50. The normalized spacial score (nSPS) is 10.4. The molecule has 0 saturated heterocycles. The first-order valence-electron chi connectivity index (χ1n) is 6.87. The predicted molar refractivity (Wildman–Crippen MR) is 82.7 cm³/mol. The number of esters is 2. The average molecular weight is 301 g/mol. The quantitative estimate of drug-likeness (QED) is 0.818. The number of aromatic nitrogens is 1. The van der Waals surface area contributed by atoms with E-state index in [4.69, 9.17) is 9.47 Å². The third-order valence-electron chi connectivity index (χ3n) is 3.88. The number of carbonyl (C=O) groups excluding carboxylic acids is 2. The first kappa shape index (κ1) is 15.8. The smallest absolute Gasteiger partial charge is 0.340 e. The van der Waals surface area contributed by atoms with E-state index >= 15 is 0 Å². The van der Waals surface area contributed by atoms with E-state index in [1.807, 2.05) is 36.6 Å². The highest BCUT2D eigenvalue weighted by atomic mass is 16.5. The van der Waals surface area contributed by atoms with Crippen LogP contribution in [0, 0.1) is 20.8 Å². The zero-order valence-electron chi connectivity index (χ0n) is 13.4. The van der Waals surface area contributed by atoms with Gasteiger partial charge in [0.15, 0.2) is 0 Å². The number of aryl methyl sites for hydroxylation is 1. The van der Waals surface area contributed by atoms with Gasteiger partial charge in [-0.05, 0) is 38.0 Å². The molecular formula is C17H19NO4. The maximum absolute atomic E-state index is 12.0. The first-order chi connectivity index (χ1) is 10.4. The largest absolute Gasteiger partial charge is 0.465 e. The molecule has 5 heteroatoms. The number of benzene rings is 1. The molecule has 2 rings (SSSR count). The number of hydrogen-bond donors (Lipinski definition) is 0. The number of ether oxygens (including phenoxy) is 2. The van der Waals surface area contributed by atoms with Crippen LogP contribution >= 0.6 is 0 Å². The van der Waals surface area contributed by atoms with Gasteiger partial charge in [-0.3, -0.25) is 0 Å². The highest BCUT2D eigenvalue weighted by Gasteiger charge is 2.26. The molecule has 0 spiro atoms. The number of hydrogen-bond acceptors (Lipinski definition) is 4. The molecule has 0 aliphatic heterocycles. The van der Waals surface area contributed by atoms with Crippen LogP contribution < -0.4 is 0 Å². The fourth-order valence-corrected chi connectivity index (χ4v) is 2.48. The molecule has 0 aliphatic rings. The summed E-state index contributed by atoms with van der Waals surface area (Å²) in [5, 5.41) is 0. The second kappa shape index (κ2) is 6.05. The number of nitrogens with zero attached hydrogens (tertiary/aromatic N) is 1. The molecule has 0 saturated carbocycles. The van der Waals surface area contributed by atoms with Crippen LogP contribution in [0.15, 0.2) is 24.4 Å². The lowest BCUT2D eigenvalue weighted by molar-refractivity contribution is 0.0556. The second-order valence-electron chi connectivity index (χ2n) is 5.08. The van der Waals surface area contributed by atoms with Gasteiger partial charge in [0.05, 0.1) is 25.3 Å². The molecule has 0 amide bonds. The van der Waals surface area contributed by atoms with E-state index < -0.39 is 11.9 Å². The topological polar surface area (TPSA) is 57.5 Å². The van der Waals surface area contributed by atoms with E-state index in [1.54, 1.807) is 13.1 Å². The van der Waals surface area contributed by atoms with Crippen LogP contribution in [0.1, 0.15) is 37.5 Å². The van der Waals surface area contributed by atoms with Crippen molar-refractivity contribution in [1.82, 2.24) is 4.57 Å². The lowest BCUT2D eigenvalue weighted by Crippen LogP contribution is -2.10. The number of methoxy groups -OCH3 is 2. The standard InChI is InChI=1S/C17H19NO4/c1-10-7-6-8-14(11(10)2)18-9-13(16(19)21-4)15(12(18)3)17(20)22-5/h6-9H,1-5H3. The number of rotatable bonds is 3. The van der Waals surface area contributed by atoms with Crippen molar-refractivity contribution in [3.8, 4) is 5.69 Å². The van der Waals surface area contributed by atoms with E-state index in [9.17, 15) is 9.59 Å². The molecule has 0 N–H and O–H groups in total. The van der Waals surface area contributed by atoms with Crippen LogP contribution in [-0.4, -0.2) is 30.7 Å². The number of carbonyl (C=O) groups is 2. The Balaban J connectivity index is 2.73. The molecule has 5 nitrogen and oxygen atoms in total. The van der Waals surface area contributed by atoms with Gasteiger partial charge in [0.1, 0.15) is 0 Å². The second-order valence-corrected chi connectivity index (χ2v) is 5.08. The highest BCUT2D eigenvalue weighted by molar-refractivity contribution is 6.04. The van der Waals surface area contributed by atoms with Gasteiger partial charge in [-0.25, -0.2) is 9.59 Å². The Kier molecular flexibility index (Phi) is 4.35. The van der Waals surface area contributed by atoms with Crippen molar-refractivity contribution in [1.29, 1.82) is 0 Å². The summed E-state index contributed by atoms with van der Waals surface area (Å²) in [7, 11) is 2.58. The molecule has 1 heterocycles. The zero-order chi connectivity index (χ0) is 16.4. The Morgan fingerprint density at radius 3 is 2.23 bits per heavy atom. The van der Waals surface area contributed by atoms with Gasteiger partial charge in [0.2, 0.25) is 0 Å². The van der Waals surface area contributed by atoms with Crippen LogP contribution in [0.3, 0.4) is 0 Å². The van der Waals surface area contributed by atoms with Crippen LogP contribution in [0.4, 0.5) is 0 Å². The third-order valence-corrected chi connectivity index (χ3v) is 3.88. The van der Waals surface area contributed by atoms with E-state index in [2.05, 4.69) is 0 Å². The molecule has 0 bridgehead atoms. The van der Waals surface area contributed by atoms with Crippen molar-refractivity contribution in [3.05, 3.63) is 52.3 Å². The minimum atomic E-state index is -0.562. The lowest BCUT2D eigenvalue weighted by Gasteiger charge is -2.12. The minimum absolute atomic E-state index is 0.202. The molecule has 0 unspecified atom stereocenters. The van der Waals surface area contributed by atoms with Gasteiger partial charge in [0.25, 0.3) is 0 Å². The molecule has 0 fully saturated rings. The Morgan fingerprint density at radius 1 is 1.00 bits per heavy atom. The zero-order valence-corrected chi connectivity index (χ0v) is 13.4. The summed E-state index contributed by atoms with van der Waals surface area (Å²) in [6.45, 7) is 5.79. The molecule has 0 radical (unpaired) electrons. The van der Waals surface area contributed by atoms with E-state index in [0.717, 1.165) is 16.8 Å². The Labute approximate surface area is 129 Å². The van der Waals surface area contributed by atoms with Crippen molar-refractivity contribution < 1.29 is 19.1 Å². The molecule has 1 aromatic carbocycles. The maximum Gasteiger partial charge on any atom is 0.340 e. The van der Waals surface area contributed by atoms with Crippen LogP contribution in [0.25, 0.3) is 5.69 Å². The van der Waals surface area contributed by atoms with Crippen LogP contribution in [0.5, 0.6) is 0 Å². The molecule has 2 aromatic rings. The molecule has 0 atom stereocenters. The first-order valence-corrected chi connectivity index (χ1v) is 6.87. The van der Waals surface area contributed by atoms with E-state index in [0.29, 0.717) is 5.69 Å². The van der Waals surface area contributed by atoms with Crippen molar-refractivity contribution in [2.75, 3.05) is 14.2 Å². The average Bonchev–Trinajstić information content (AvgIpc) is 2.86. The fraction of sp³-hybridized carbons (Fsp3) is 0.294. The van der Waals surface area contributed by atoms with Gasteiger partial charge in [-0.1, -0.05) is 12.1 Å². The summed E-state index contributed by atoms with van der Waals surface area (Å²) in [6.07, 6.45) is 1.62. The Hall–Kier alpha value is -2.56. The molecule has 0 aliphatic carbocycles. The summed E-state index contributed by atoms with van der Waals surface area (Å²) in [5.74, 6) is -1.12. The summed E-state index contributed by atoms with van der Waals surface area (Å²) in [6, 6.07) is 5.89. The molecule has 22 heavy (non-hydrogen) atoms. The Bertz CT molecular complexity index is 743. The van der Waals surface area contributed by atoms with Crippen LogP contribution in [0.2, 0.25) is 0 Å². The van der Waals surface area contributed by atoms with Gasteiger partial charge < -0.3 is 14.0 Å². The summed E-state index contributed by atoms with van der Waals surface area (Å²) >= 11 is 0. The molecular weight excluding hydrogens is 282 g/mol. The van der Waals surface area contributed by atoms with Crippen molar-refractivity contribution >= 4 is 11.9 Å². The lowest BCUT2D eigenvalue weighted by atomic mass is 10.1. The van der Waals surface area contributed by atoms with Gasteiger partial charge in [0, 0.05) is 17.6 Å². The van der Waals surface area contributed by atoms with Crippen molar-refractivity contribution in [2.45, 2.75) is 20.8 Å². The van der Waals surface area contributed by atoms with Crippen molar-refractivity contribution in [2.24, 2.45) is 0 Å². The SMILES string of the molecule is COC(=O)c1cn(-c2cccc(C)c2C)c(C)c1C(=O)OC. The van der Waals surface area contributed by atoms with Gasteiger partial charge >= 0.3 is 11.9 Å². The minimum Gasteiger partial charge on any atom is -0.465 e. The van der Waals surface area contributed by atoms with E-state index in [1.165, 1.54) is 14.2 Å². The molecule has 1 aromatic heterocycles. The van der Waals surface area contributed by atoms with E-state index in [-0.39, 0.29) is 11.1 Å². The monoisotopic (exact) mass is 301 g/mol.